The molecule has 0 aliphatic carbocycles. The molecule has 1 saturated heterocycles. The molecule has 1 unspecified atom stereocenters. The summed E-state index contributed by atoms with van der Waals surface area (Å²) in [6.07, 6.45) is -0.423. The highest BCUT2D eigenvalue weighted by Crippen LogP contribution is 2.26. The number of nitrogens with one attached hydrogen (secondary N) is 1. The van der Waals surface area contributed by atoms with Crippen molar-refractivity contribution < 1.29 is 19.4 Å². The molecule has 6 heteroatoms. The van der Waals surface area contributed by atoms with Crippen LogP contribution in [0.25, 0.3) is 0 Å². The Morgan fingerprint density at radius 2 is 2.40 bits per heavy atom. The van der Waals surface area contributed by atoms with E-state index in [0.29, 0.717) is 25.4 Å². The maximum atomic E-state index is 12.2. The van der Waals surface area contributed by atoms with Gasteiger partial charge in [0.15, 0.2) is 11.5 Å². The zero-order chi connectivity index (χ0) is 14.5. The molecule has 0 spiro atoms. The lowest BCUT2D eigenvalue weighted by Crippen LogP contribution is -2.48. The van der Waals surface area contributed by atoms with E-state index in [9.17, 15) is 9.90 Å². The zero-order valence-electron chi connectivity index (χ0n) is 11.8. The van der Waals surface area contributed by atoms with E-state index >= 15 is 0 Å². The maximum Gasteiger partial charge on any atom is 0.253 e. The average Bonchev–Trinajstić information content (AvgIpc) is 2.49. The first kappa shape index (κ1) is 14.6. The van der Waals surface area contributed by atoms with Gasteiger partial charge in [-0.05, 0) is 17.7 Å². The average molecular weight is 280 g/mol. The minimum atomic E-state index is -0.423. The van der Waals surface area contributed by atoms with Gasteiger partial charge < -0.3 is 24.8 Å². The number of phenols is 1. The summed E-state index contributed by atoms with van der Waals surface area (Å²) < 4.78 is 10.5. The second-order valence-electron chi connectivity index (χ2n) is 4.76. The predicted molar refractivity (Wildman–Crippen MR) is 73.7 cm³/mol. The highest BCUT2D eigenvalue weighted by molar-refractivity contribution is 5.81. The normalized spacial score (nSPS) is 18.6. The molecule has 1 aromatic rings. The Kier molecular flexibility index (Phi) is 4.81. The van der Waals surface area contributed by atoms with Crippen molar-refractivity contribution in [3.63, 3.8) is 0 Å². The summed E-state index contributed by atoms with van der Waals surface area (Å²) in [6.45, 7) is 2.32. The number of benzene rings is 1. The van der Waals surface area contributed by atoms with E-state index in [1.807, 2.05) is 0 Å². The van der Waals surface area contributed by atoms with Crippen LogP contribution in [0.3, 0.4) is 0 Å². The van der Waals surface area contributed by atoms with Gasteiger partial charge in [-0.2, -0.15) is 0 Å². The molecule has 110 valence electrons. The molecule has 2 rings (SSSR count). The van der Waals surface area contributed by atoms with Crippen molar-refractivity contribution in [2.24, 2.45) is 0 Å². The second-order valence-corrected chi connectivity index (χ2v) is 4.76. The van der Waals surface area contributed by atoms with Gasteiger partial charge in [0.1, 0.15) is 6.10 Å². The van der Waals surface area contributed by atoms with Gasteiger partial charge in [0, 0.05) is 26.7 Å². The molecule has 0 saturated carbocycles. The van der Waals surface area contributed by atoms with Crippen LogP contribution in [0, 0.1) is 0 Å². The summed E-state index contributed by atoms with van der Waals surface area (Å²) in [4.78, 5) is 13.8. The van der Waals surface area contributed by atoms with Gasteiger partial charge in [-0.25, -0.2) is 0 Å². The van der Waals surface area contributed by atoms with E-state index in [1.54, 1.807) is 30.1 Å². The topological polar surface area (TPSA) is 71.0 Å². The van der Waals surface area contributed by atoms with E-state index in [-0.39, 0.29) is 11.7 Å². The van der Waals surface area contributed by atoms with Gasteiger partial charge in [-0.3, -0.25) is 4.79 Å². The summed E-state index contributed by atoms with van der Waals surface area (Å²) in [6, 6.07) is 5.05. The fourth-order valence-electron chi connectivity index (χ4n) is 2.14. The lowest BCUT2D eigenvalue weighted by molar-refractivity contribution is -0.144. The summed E-state index contributed by atoms with van der Waals surface area (Å²) >= 11 is 0. The van der Waals surface area contributed by atoms with Crippen LogP contribution >= 0.6 is 0 Å². The van der Waals surface area contributed by atoms with Gasteiger partial charge in [0.25, 0.3) is 5.91 Å². The van der Waals surface area contributed by atoms with Crippen molar-refractivity contribution in [2.75, 3.05) is 33.9 Å². The third-order valence-corrected chi connectivity index (χ3v) is 3.24. The van der Waals surface area contributed by atoms with Gasteiger partial charge in [0.2, 0.25) is 0 Å². The van der Waals surface area contributed by atoms with E-state index in [0.717, 1.165) is 12.1 Å². The van der Waals surface area contributed by atoms with Gasteiger partial charge in [-0.1, -0.05) is 6.07 Å². The number of phenolic OH excluding ortho intramolecular Hbond substituents is 1. The smallest absolute Gasteiger partial charge is 0.253 e. The molecule has 1 atom stereocenters. The van der Waals surface area contributed by atoms with Crippen LogP contribution in [-0.4, -0.2) is 55.9 Å². The Hall–Kier alpha value is -1.79. The first-order valence-electron chi connectivity index (χ1n) is 6.55. The van der Waals surface area contributed by atoms with Crippen LogP contribution in [0.5, 0.6) is 11.5 Å². The standard InChI is InChI=1S/C14H20N2O4/c1-16(14(18)13-8-15-5-6-20-13)9-10-3-4-11(17)12(7-10)19-2/h3-4,7,13,15,17H,5-6,8-9H2,1-2H3. The molecule has 0 radical (unpaired) electrons. The van der Waals surface area contributed by atoms with Crippen molar-refractivity contribution in [3.05, 3.63) is 23.8 Å². The number of hydrogen-bond acceptors (Lipinski definition) is 5. The van der Waals surface area contributed by atoms with Crippen LogP contribution < -0.4 is 10.1 Å². The van der Waals surface area contributed by atoms with E-state index in [4.69, 9.17) is 9.47 Å². The van der Waals surface area contributed by atoms with Crippen LogP contribution in [0.1, 0.15) is 5.56 Å². The number of aromatic hydroxyl groups is 1. The number of hydrogen-bond donors (Lipinski definition) is 2. The van der Waals surface area contributed by atoms with Crippen molar-refractivity contribution in [2.45, 2.75) is 12.6 Å². The Labute approximate surface area is 118 Å². The number of rotatable bonds is 4. The molecule has 20 heavy (non-hydrogen) atoms. The van der Waals surface area contributed by atoms with Gasteiger partial charge in [0.05, 0.1) is 13.7 Å². The third-order valence-electron chi connectivity index (χ3n) is 3.24. The van der Waals surface area contributed by atoms with Crippen molar-refractivity contribution in [3.8, 4) is 11.5 Å². The molecule has 1 heterocycles. The highest BCUT2D eigenvalue weighted by atomic mass is 16.5. The second kappa shape index (κ2) is 6.58. The Morgan fingerprint density at radius 3 is 3.05 bits per heavy atom. The van der Waals surface area contributed by atoms with Crippen LogP contribution in [0.15, 0.2) is 18.2 Å². The molecule has 0 bridgehead atoms. The molecule has 1 fully saturated rings. The summed E-state index contributed by atoms with van der Waals surface area (Å²) in [5, 5.41) is 12.7. The molecular formula is C14H20N2O4. The van der Waals surface area contributed by atoms with Crippen LogP contribution in [0.2, 0.25) is 0 Å². The van der Waals surface area contributed by atoms with Crippen molar-refractivity contribution in [1.82, 2.24) is 10.2 Å². The Morgan fingerprint density at radius 1 is 1.60 bits per heavy atom. The largest absolute Gasteiger partial charge is 0.504 e. The monoisotopic (exact) mass is 280 g/mol. The number of carbonyl (C=O) groups excluding carboxylic acids is 1. The number of carbonyl (C=O) groups is 1. The summed E-state index contributed by atoms with van der Waals surface area (Å²) in [5.41, 5.74) is 0.888. The van der Waals surface area contributed by atoms with Gasteiger partial charge in [-0.15, -0.1) is 0 Å². The number of methoxy groups -OCH3 is 1. The third kappa shape index (κ3) is 3.40. The number of nitrogens with zero attached hydrogens (tertiary/aromatic N) is 1. The molecule has 1 aliphatic heterocycles. The molecular weight excluding hydrogens is 260 g/mol. The predicted octanol–water partition coefficient (Wildman–Crippen LogP) is 0.348. The highest BCUT2D eigenvalue weighted by Gasteiger charge is 2.24. The van der Waals surface area contributed by atoms with Crippen molar-refractivity contribution >= 4 is 5.91 Å². The number of ether oxygens (including phenoxy) is 2. The molecule has 1 amide bonds. The Balaban J connectivity index is 1.99. The number of amides is 1. The lowest BCUT2D eigenvalue weighted by atomic mass is 10.1. The van der Waals surface area contributed by atoms with Gasteiger partial charge >= 0.3 is 0 Å². The molecule has 2 N–H and O–H groups in total. The van der Waals surface area contributed by atoms with E-state index in [2.05, 4.69) is 5.32 Å². The first-order chi connectivity index (χ1) is 9.61. The Bertz CT molecular complexity index is 472. The number of morpholine rings is 1. The molecule has 6 nitrogen and oxygen atoms in total. The fraction of sp³-hybridized carbons (Fsp3) is 0.500. The van der Waals surface area contributed by atoms with Crippen molar-refractivity contribution in [1.29, 1.82) is 0 Å². The minimum absolute atomic E-state index is 0.0516. The van der Waals surface area contributed by atoms with Crippen LogP contribution in [-0.2, 0) is 16.1 Å². The minimum Gasteiger partial charge on any atom is -0.504 e. The first-order valence-corrected chi connectivity index (χ1v) is 6.55. The summed E-state index contributed by atoms with van der Waals surface area (Å²) in [5.74, 6) is 0.438. The maximum absolute atomic E-state index is 12.2. The molecule has 1 aliphatic rings. The SMILES string of the molecule is COc1cc(CN(C)C(=O)C2CNCCO2)ccc1O. The molecule has 1 aromatic carbocycles. The summed E-state index contributed by atoms with van der Waals surface area (Å²) in [7, 11) is 3.23. The molecule has 0 aromatic heterocycles. The number of likely N-dealkylation sites (N-methyl/N-ethyl adjacent to an activating group) is 1. The zero-order valence-corrected chi connectivity index (χ0v) is 11.8. The van der Waals surface area contributed by atoms with Crippen LogP contribution in [0.4, 0.5) is 0 Å². The van der Waals surface area contributed by atoms with E-state index < -0.39 is 6.10 Å². The lowest BCUT2D eigenvalue weighted by Gasteiger charge is -2.27. The van der Waals surface area contributed by atoms with E-state index in [1.165, 1.54) is 7.11 Å². The fourth-order valence-corrected chi connectivity index (χ4v) is 2.14. The quantitative estimate of drug-likeness (QED) is 0.832.